The molecule has 0 radical (unpaired) electrons. The summed E-state index contributed by atoms with van der Waals surface area (Å²) in [7, 11) is 0. The molecule has 4 nitrogen and oxygen atoms in total. The second kappa shape index (κ2) is 4.78. The first kappa shape index (κ1) is 12.9. The molecule has 1 saturated heterocycles. The van der Waals surface area contributed by atoms with Crippen LogP contribution in [0, 0.1) is 5.92 Å². The summed E-state index contributed by atoms with van der Waals surface area (Å²) in [4.78, 5) is 0. The predicted octanol–water partition coefficient (Wildman–Crippen LogP) is 0.906. The van der Waals surface area contributed by atoms with Crippen molar-refractivity contribution in [3.63, 3.8) is 0 Å². The highest BCUT2D eigenvalue weighted by atomic mass is 16.7. The summed E-state index contributed by atoms with van der Waals surface area (Å²) < 4.78 is 11.3. The number of aliphatic hydroxyl groups is 2. The molecule has 0 spiro atoms. The molecule has 4 heteroatoms. The predicted molar refractivity (Wildman–Crippen MR) is 56.4 cm³/mol. The monoisotopic (exact) mass is 218 g/mol. The van der Waals surface area contributed by atoms with Gasteiger partial charge in [0.25, 0.3) is 0 Å². The van der Waals surface area contributed by atoms with Crippen molar-refractivity contribution in [3.05, 3.63) is 0 Å². The van der Waals surface area contributed by atoms with Crippen LogP contribution in [0.15, 0.2) is 0 Å². The lowest BCUT2D eigenvalue weighted by Crippen LogP contribution is -2.56. The van der Waals surface area contributed by atoms with E-state index in [1.54, 1.807) is 6.92 Å². The van der Waals surface area contributed by atoms with Crippen molar-refractivity contribution in [2.24, 2.45) is 5.92 Å². The lowest BCUT2D eigenvalue weighted by atomic mass is 9.88. The van der Waals surface area contributed by atoms with E-state index in [0.29, 0.717) is 6.42 Å². The van der Waals surface area contributed by atoms with Gasteiger partial charge in [-0.1, -0.05) is 0 Å². The van der Waals surface area contributed by atoms with Gasteiger partial charge in [0.15, 0.2) is 5.79 Å². The zero-order valence-electron chi connectivity index (χ0n) is 9.93. The van der Waals surface area contributed by atoms with Crippen LogP contribution in [0.2, 0.25) is 0 Å². The number of aliphatic hydroxyl groups excluding tert-OH is 2. The second-order valence-corrected chi connectivity index (χ2v) is 4.73. The largest absolute Gasteiger partial charge is 0.396 e. The van der Waals surface area contributed by atoms with Crippen LogP contribution in [0.25, 0.3) is 0 Å². The average Bonchev–Trinajstić information content (AvgIpc) is 2.09. The van der Waals surface area contributed by atoms with Crippen molar-refractivity contribution in [3.8, 4) is 0 Å². The zero-order chi connectivity index (χ0) is 11.6. The molecule has 0 bridgehead atoms. The molecule has 90 valence electrons. The van der Waals surface area contributed by atoms with Crippen LogP contribution in [-0.2, 0) is 9.47 Å². The fourth-order valence-electron chi connectivity index (χ4n) is 2.24. The van der Waals surface area contributed by atoms with Gasteiger partial charge >= 0.3 is 0 Å². The van der Waals surface area contributed by atoms with E-state index in [-0.39, 0.29) is 24.7 Å². The Morgan fingerprint density at radius 1 is 1.53 bits per heavy atom. The Labute approximate surface area is 91.2 Å². The van der Waals surface area contributed by atoms with Crippen LogP contribution < -0.4 is 0 Å². The molecule has 2 N–H and O–H groups in total. The molecule has 4 atom stereocenters. The second-order valence-electron chi connectivity index (χ2n) is 4.73. The van der Waals surface area contributed by atoms with Gasteiger partial charge < -0.3 is 19.7 Å². The molecule has 0 amide bonds. The van der Waals surface area contributed by atoms with Crippen molar-refractivity contribution in [2.45, 2.75) is 58.2 Å². The molecular weight excluding hydrogens is 196 g/mol. The quantitative estimate of drug-likeness (QED) is 0.739. The molecule has 4 unspecified atom stereocenters. The first-order valence-electron chi connectivity index (χ1n) is 5.53. The van der Waals surface area contributed by atoms with Crippen LogP contribution in [0.1, 0.15) is 34.1 Å². The molecule has 15 heavy (non-hydrogen) atoms. The van der Waals surface area contributed by atoms with E-state index < -0.39 is 11.9 Å². The highest BCUT2D eigenvalue weighted by molar-refractivity contribution is 4.88. The third kappa shape index (κ3) is 2.91. The Bertz CT molecular complexity index is 203. The Kier molecular flexibility index (Phi) is 4.12. The van der Waals surface area contributed by atoms with E-state index in [2.05, 4.69) is 0 Å². The molecule has 1 aliphatic rings. The van der Waals surface area contributed by atoms with E-state index in [9.17, 15) is 10.2 Å². The molecule has 1 rings (SSSR count). The van der Waals surface area contributed by atoms with Gasteiger partial charge in [-0.15, -0.1) is 0 Å². The SMILES string of the molecule is CC(C)OC1(C)OC(C)CC(CO)C1O. The third-order valence-electron chi connectivity index (χ3n) is 2.76. The first-order valence-corrected chi connectivity index (χ1v) is 5.53. The number of ether oxygens (including phenoxy) is 2. The van der Waals surface area contributed by atoms with E-state index in [4.69, 9.17) is 9.47 Å². The standard InChI is InChI=1S/C11H22O4/c1-7(2)14-11(4)10(13)9(6-12)5-8(3)15-11/h7-10,12-13H,5-6H2,1-4H3. The minimum atomic E-state index is -1.00. The van der Waals surface area contributed by atoms with Gasteiger partial charge in [-0.3, -0.25) is 0 Å². The highest BCUT2D eigenvalue weighted by Gasteiger charge is 2.46. The van der Waals surface area contributed by atoms with Gasteiger partial charge in [-0.2, -0.15) is 0 Å². The molecule has 0 saturated carbocycles. The van der Waals surface area contributed by atoms with E-state index >= 15 is 0 Å². The van der Waals surface area contributed by atoms with E-state index in [1.165, 1.54) is 0 Å². The van der Waals surface area contributed by atoms with Gasteiger partial charge in [0, 0.05) is 12.5 Å². The fourth-order valence-corrected chi connectivity index (χ4v) is 2.24. The maximum atomic E-state index is 10.0. The summed E-state index contributed by atoms with van der Waals surface area (Å²) in [5.41, 5.74) is 0. The van der Waals surface area contributed by atoms with E-state index in [1.807, 2.05) is 20.8 Å². The summed E-state index contributed by atoms with van der Waals surface area (Å²) in [6.07, 6.45) is -0.140. The molecule has 0 aromatic carbocycles. The Hall–Kier alpha value is -0.160. The summed E-state index contributed by atoms with van der Waals surface area (Å²) >= 11 is 0. The van der Waals surface area contributed by atoms with Gasteiger partial charge in [-0.25, -0.2) is 0 Å². The van der Waals surface area contributed by atoms with Crippen LogP contribution in [0.5, 0.6) is 0 Å². The summed E-state index contributed by atoms with van der Waals surface area (Å²) in [5.74, 6) is -1.17. The lowest BCUT2D eigenvalue weighted by molar-refractivity contribution is -0.334. The Morgan fingerprint density at radius 3 is 2.60 bits per heavy atom. The summed E-state index contributed by atoms with van der Waals surface area (Å²) in [5, 5.41) is 19.2. The highest BCUT2D eigenvalue weighted by Crippen LogP contribution is 2.34. The molecule has 1 aliphatic heterocycles. The van der Waals surface area contributed by atoms with E-state index in [0.717, 1.165) is 0 Å². The molecule has 1 heterocycles. The number of hydrogen-bond acceptors (Lipinski definition) is 4. The fraction of sp³-hybridized carbons (Fsp3) is 1.00. The smallest absolute Gasteiger partial charge is 0.192 e. The van der Waals surface area contributed by atoms with Crippen LogP contribution in [-0.4, -0.2) is 40.9 Å². The lowest BCUT2D eigenvalue weighted by Gasteiger charge is -2.45. The van der Waals surface area contributed by atoms with Crippen LogP contribution >= 0.6 is 0 Å². The topological polar surface area (TPSA) is 58.9 Å². The maximum Gasteiger partial charge on any atom is 0.192 e. The molecule has 1 fully saturated rings. The first-order chi connectivity index (χ1) is 6.89. The summed E-state index contributed by atoms with van der Waals surface area (Å²) in [6.45, 7) is 7.42. The van der Waals surface area contributed by atoms with Crippen molar-refractivity contribution >= 4 is 0 Å². The average molecular weight is 218 g/mol. The number of hydrogen-bond donors (Lipinski definition) is 2. The zero-order valence-corrected chi connectivity index (χ0v) is 9.93. The van der Waals surface area contributed by atoms with Crippen molar-refractivity contribution < 1.29 is 19.7 Å². The molecular formula is C11H22O4. The maximum absolute atomic E-state index is 10.0. The van der Waals surface area contributed by atoms with Crippen LogP contribution in [0.3, 0.4) is 0 Å². The number of rotatable bonds is 3. The van der Waals surface area contributed by atoms with Crippen molar-refractivity contribution in [2.75, 3.05) is 6.61 Å². The van der Waals surface area contributed by atoms with Gasteiger partial charge in [0.1, 0.15) is 6.10 Å². The Balaban J connectivity index is 2.76. The van der Waals surface area contributed by atoms with Crippen molar-refractivity contribution in [1.29, 1.82) is 0 Å². The molecule has 0 aromatic heterocycles. The van der Waals surface area contributed by atoms with Crippen molar-refractivity contribution in [1.82, 2.24) is 0 Å². The molecule has 0 aliphatic carbocycles. The Morgan fingerprint density at radius 2 is 2.13 bits per heavy atom. The van der Waals surface area contributed by atoms with Gasteiger partial charge in [-0.05, 0) is 34.1 Å². The normalized spacial score (nSPS) is 42.2. The minimum absolute atomic E-state index is 0.00528. The van der Waals surface area contributed by atoms with Gasteiger partial charge in [0.05, 0.1) is 12.2 Å². The van der Waals surface area contributed by atoms with Gasteiger partial charge in [0.2, 0.25) is 0 Å². The van der Waals surface area contributed by atoms with Crippen LogP contribution in [0.4, 0.5) is 0 Å². The molecule has 0 aromatic rings. The minimum Gasteiger partial charge on any atom is -0.396 e. The third-order valence-corrected chi connectivity index (χ3v) is 2.76. The summed E-state index contributed by atoms with van der Waals surface area (Å²) in [6, 6.07) is 0.